The number of carboxylic acid groups (broad SMARTS) is 1. The zero-order valence-corrected chi connectivity index (χ0v) is 11.0. The van der Waals surface area contributed by atoms with Crippen LogP contribution in [0.25, 0.3) is 6.08 Å². The van der Waals surface area contributed by atoms with Gasteiger partial charge in [0.25, 0.3) is 0 Å². The van der Waals surface area contributed by atoms with Gasteiger partial charge in [0.05, 0.1) is 11.1 Å². The monoisotopic (exact) mass is 282 g/mol. The van der Waals surface area contributed by atoms with Crippen LogP contribution in [0.1, 0.15) is 42.6 Å². The molecule has 0 saturated carbocycles. The third kappa shape index (κ3) is 2.08. The Morgan fingerprint density at radius 1 is 1.10 bits per heavy atom. The van der Waals surface area contributed by atoms with E-state index in [9.17, 15) is 14.4 Å². The van der Waals surface area contributed by atoms with Crippen molar-refractivity contribution in [2.24, 2.45) is 0 Å². The van der Waals surface area contributed by atoms with E-state index >= 15 is 0 Å². The maximum Gasteiger partial charge on any atom is 0.335 e. The molecule has 0 aliphatic heterocycles. The molecule has 0 saturated heterocycles. The molecule has 0 radical (unpaired) electrons. The first-order chi connectivity index (χ1) is 9.97. The van der Waals surface area contributed by atoms with E-state index in [1.807, 2.05) is 0 Å². The first kappa shape index (κ1) is 13.1. The second-order valence-corrected chi connectivity index (χ2v) is 4.73. The molecular weight excluding hydrogens is 272 g/mol. The topological polar surface area (TPSA) is 84.6 Å². The molecule has 5 heteroatoms. The lowest BCUT2D eigenvalue weighted by atomic mass is 10.1. The van der Waals surface area contributed by atoms with Crippen molar-refractivity contribution in [3.8, 4) is 0 Å². The van der Waals surface area contributed by atoms with Gasteiger partial charge in [-0.25, -0.2) is 4.79 Å². The zero-order valence-electron chi connectivity index (χ0n) is 11.0. The van der Waals surface area contributed by atoms with Gasteiger partial charge in [-0.2, -0.15) is 0 Å². The summed E-state index contributed by atoms with van der Waals surface area (Å²) in [6, 6.07) is 7.30. The van der Waals surface area contributed by atoms with Crippen LogP contribution in [0.2, 0.25) is 0 Å². The van der Waals surface area contributed by atoms with Crippen LogP contribution in [0.5, 0.6) is 0 Å². The van der Waals surface area contributed by atoms with E-state index in [-0.39, 0.29) is 22.3 Å². The summed E-state index contributed by atoms with van der Waals surface area (Å²) in [5.41, 5.74) is 0.306. The van der Waals surface area contributed by atoms with E-state index < -0.39 is 17.5 Å². The fourth-order valence-corrected chi connectivity index (χ4v) is 2.26. The number of hydrogen-bond acceptors (Lipinski definition) is 4. The first-order valence-corrected chi connectivity index (χ1v) is 6.22. The van der Waals surface area contributed by atoms with E-state index in [0.717, 1.165) is 0 Å². The van der Waals surface area contributed by atoms with Gasteiger partial charge in [-0.05, 0) is 43.3 Å². The number of hydrogen-bond donors (Lipinski definition) is 1. The van der Waals surface area contributed by atoms with Gasteiger partial charge in [-0.1, -0.05) is 0 Å². The summed E-state index contributed by atoms with van der Waals surface area (Å²) in [5.74, 6) is -0.953. The van der Waals surface area contributed by atoms with Crippen molar-refractivity contribution in [1.29, 1.82) is 0 Å². The second-order valence-electron chi connectivity index (χ2n) is 4.73. The van der Waals surface area contributed by atoms with Crippen LogP contribution in [0.15, 0.2) is 40.3 Å². The molecular formula is C16H10O5. The van der Waals surface area contributed by atoms with E-state index in [1.165, 1.54) is 24.3 Å². The van der Waals surface area contributed by atoms with Gasteiger partial charge in [0.1, 0.15) is 11.5 Å². The number of aromatic carboxylic acids is 1. The highest BCUT2D eigenvalue weighted by Gasteiger charge is 2.33. The number of carbonyl (C=O) groups excluding carboxylic acids is 2. The minimum atomic E-state index is -1.14. The van der Waals surface area contributed by atoms with Crippen LogP contribution in [0, 0.1) is 6.92 Å². The highest BCUT2D eigenvalue weighted by molar-refractivity contribution is 6.41. The number of fused-ring (bicyclic) bond motifs is 1. The Morgan fingerprint density at radius 3 is 2.43 bits per heavy atom. The number of benzene rings is 1. The Bertz CT molecular complexity index is 823. The van der Waals surface area contributed by atoms with Gasteiger partial charge >= 0.3 is 5.97 Å². The van der Waals surface area contributed by atoms with E-state index in [4.69, 9.17) is 9.52 Å². The summed E-state index contributed by atoms with van der Waals surface area (Å²) in [5, 5.41) is 8.95. The van der Waals surface area contributed by atoms with Crippen LogP contribution in [-0.2, 0) is 0 Å². The maximum atomic E-state index is 12.3. The molecule has 0 atom stereocenters. The molecule has 1 aliphatic rings. The number of carboxylic acids is 1. The third-order valence-electron chi connectivity index (χ3n) is 3.29. The quantitative estimate of drug-likeness (QED) is 0.676. The molecule has 1 aromatic carbocycles. The van der Waals surface area contributed by atoms with Crippen molar-refractivity contribution in [2.75, 3.05) is 0 Å². The Kier molecular flexibility index (Phi) is 2.83. The van der Waals surface area contributed by atoms with E-state index in [2.05, 4.69) is 0 Å². The third-order valence-corrected chi connectivity index (χ3v) is 3.29. The van der Waals surface area contributed by atoms with Gasteiger partial charge < -0.3 is 9.52 Å². The lowest BCUT2D eigenvalue weighted by Crippen LogP contribution is -2.00. The molecule has 0 amide bonds. The van der Waals surface area contributed by atoms with Gasteiger partial charge in [-0.3, -0.25) is 9.59 Å². The highest BCUT2D eigenvalue weighted by Crippen LogP contribution is 2.29. The molecule has 0 fully saturated rings. The smallest absolute Gasteiger partial charge is 0.335 e. The molecule has 21 heavy (non-hydrogen) atoms. The molecule has 1 aliphatic carbocycles. The largest absolute Gasteiger partial charge is 0.478 e. The maximum absolute atomic E-state index is 12.3. The molecule has 0 bridgehead atoms. The molecule has 1 aromatic heterocycles. The first-order valence-electron chi connectivity index (χ1n) is 6.22. The van der Waals surface area contributed by atoms with Crippen LogP contribution < -0.4 is 0 Å². The minimum Gasteiger partial charge on any atom is -0.478 e. The van der Waals surface area contributed by atoms with Gasteiger partial charge in [0, 0.05) is 11.1 Å². The normalized spacial score (nSPS) is 15.6. The number of aryl methyl sites for hydroxylation is 1. The standard InChI is InChI=1S/C16H10O5/c1-8-2-4-10(21-8)7-13-14(17)11-5-3-9(16(19)20)6-12(11)15(13)18/h2-7H,1H3,(H,19,20)/b13-7-. The SMILES string of the molecule is Cc1ccc(/C=C2/C(=O)c3ccc(C(=O)O)cc3C2=O)o1. The summed E-state index contributed by atoms with van der Waals surface area (Å²) >= 11 is 0. The highest BCUT2D eigenvalue weighted by atomic mass is 16.4. The lowest BCUT2D eigenvalue weighted by molar-refractivity contribution is 0.0696. The molecule has 3 rings (SSSR count). The van der Waals surface area contributed by atoms with Gasteiger partial charge in [-0.15, -0.1) is 0 Å². The summed E-state index contributed by atoms with van der Waals surface area (Å²) in [6.45, 7) is 1.76. The summed E-state index contributed by atoms with van der Waals surface area (Å²) in [6.07, 6.45) is 1.39. The molecule has 2 aromatic rings. The van der Waals surface area contributed by atoms with Crippen LogP contribution in [-0.4, -0.2) is 22.6 Å². The molecule has 0 spiro atoms. The van der Waals surface area contributed by atoms with Gasteiger partial charge in [0.15, 0.2) is 11.6 Å². The number of furan rings is 1. The Labute approximate surface area is 119 Å². The summed E-state index contributed by atoms with van der Waals surface area (Å²) < 4.78 is 5.33. The van der Waals surface area contributed by atoms with Crippen molar-refractivity contribution >= 4 is 23.6 Å². The fourth-order valence-electron chi connectivity index (χ4n) is 2.26. The van der Waals surface area contributed by atoms with Crippen molar-refractivity contribution in [3.05, 3.63) is 64.1 Å². The molecule has 0 unspecified atom stereocenters. The molecule has 1 N–H and O–H groups in total. The summed E-state index contributed by atoms with van der Waals surface area (Å²) in [7, 11) is 0. The number of ketones is 2. The Hall–Kier alpha value is -2.95. The van der Waals surface area contributed by atoms with Crippen LogP contribution >= 0.6 is 0 Å². The number of rotatable bonds is 2. The molecule has 1 heterocycles. The number of allylic oxidation sites excluding steroid dienone is 1. The van der Waals surface area contributed by atoms with Crippen molar-refractivity contribution in [2.45, 2.75) is 6.92 Å². The second kappa shape index (κ2) is 4.56. The van der Waals surface area contributed by atoms with Gasteiger partial charge in [0.2, 0.25) is 0 Å². The van der Waals surface area contributed by atoms with Crippen molar-refractivity contribution < 1.29 is 23.9 Å². The molecule has 104 valence electrons. The van der Waals surface area contributed by atoms with Crippen LogP contribution in [0.4, 0.5) is 0 Å². The van der Waals surface area contributed by atoms with Crippen LogP contribution in [0.3, 0.4) is 0 Å². The number of carbonyl (C=O) groups is 3. The van der Waals surface area contributed by atoms with E-state index in [0.29, 0.717) is 11.5 Å². The average Bonchev–Trinajstić information content (AvgIpc) is 2.96. The summed E-state index contributed by atoms with van der Waals surface area (Å²) in [4.78, 5) is 35.4. The van der Waals surface area contributed by atoms with E-state index in [1.54, 1.807) is 19.1 Å². The molecule has 5 nitrogen and oxygen atoms in total. The zero-order chi connectivity index (χ0) is 15.1. The Balaban J connectivity index is 2.08. The van der Waals surface area contributed by atoms with Crippen molar-refractivity contribution in [1.82, 2.24) is 0 Å². The predicted octanol–water partition coefficient (Wildman–Crippen LogP) is 2.75. The Morgan fingerprint density at radius 2 is 1.81 bits per heavy atom. The van der Waals surface area contributed by atoms with Crippen molar-refractivity contribution in [3.63, 3.8) is 0 Å². The predicted molar refractivity (Wildman–Crippen MR) is 73.5 cm³/mol. The number of Topliss-reactive ketones (excluding diaryl/α,β-unsaturated/α-hetero) is 2. The fraction of sp³-hybridized carbons (Fsp3) is 0.0625. The minimum absolute atomic E-state index is 0.0121. The lowest BCUT2D eigenvalue weighted by Gasteiger charge is -1.97. The average molecular weight is 282 g/mol.